The first kappa shape index (κ1) is 15.6. The molecule has 2 aromatic rings. The number of carbonyl (C=O) groups is 1. The molecular formula is C15H18N2O3S. The number of ether oxygens (including phenoxy) is 1. The molecule has 6 heteroatoms. The summed E-state index contributed by atoms with van der Waals surface area (Å²) in [5.41, 5.74) is 0.854. The second kappa shape index (κ2) is 7.26. The van der Waals surface area contributed by atoms with E-state index < -0.39 is 0 Å². The summed E-state index contributed by atoms with van der Waals surface area (Å²) in [6.07, 6.45) is 0. The van der Waals surface area contributed by atoms with E-state index in [1.807, 2.05) is 44.2 Å². The lowest BCUT2D eigenvalue weighted by Crippen LogP contribution is -2.19. The molecule has 0 aliphatic heterocycles. The minimum Gasteiger partial charge on any atom is -0.465 e. The molecule has 2 rings (SSSR count). The van der Waals surface area contributed by atoms with Crippen LogP contribution in [0.25, 0.3) is 11.5 Å². The Morgan fingerprint density at radius 3 is 2.62 bits per heavy atom. The maximum Gasteiger partial charge on any atom is 0.319 e. The Bertz CT molecular complexity index is 584. The molecule has 1 atom stereocenters. The molecule has 0 aliphatic carbocycles. The van der Waals surface area contributed by atoms with E-state index in [4.69, 9.17) is 9.15 Å². The topological polar surface area (TPSA) is 65.2 Å². The lowest BCUT2D eigenvalue weighted by Gasteiger charge is -2.10. The van der Waals surface area contributed by atoms with E-state index >= 15 is 0 Å². The predicted octanol–water partition coefficient (Wildman–Crippen LogP) is 3.42. The van der Waals surface area contributed by atoms with Crippen LogP contribution in [0.2, 0.25) is 0 Å². The number of hydrogen-bond acceptors (Lipinski definition) is 6. The van der Waals surface area contributed by atoms with Crippen molar-refractivity contribution in [1.29, 1.82) is 0 Å². The molecule has 0 bridgehead atoms. The second-order valence-electron chi connectivity index (χ2n) is 5.02. The van der Waals surface area contributed by atoms with Gasteiger partial charge in [0.05, 0.1) is 6.61 Å². The Morgan fingerprint density at radius 2 is 1.95 bits per heavy atom. The molecule has 0 radical (unpaired) electrons. The Morgan fingerprint density at radius 1 is 1.24 bits per heavy atom. The van der Waals surface area contributed by atoms with E-state index in [1.165, 1.54) is 11.8 Å². The third-order valence-corrected chi connectivity index (χ3v) is 3.51. The molecule has 1 heterocycles. The molecule has 0 saturated carbocycles. The van der Waals surface area contributed by atoms with Crippen LogP contribution >= 0.6 is 11.8 Å². The van der Waals surface area contributed by atoms with Crippen LogP contribution in [0, 0.1) is 5.92 Å². The van der Waals surface area contributed by atoms with E-state index in [-0.39, 0.29) is 11.2 Å². The van der Waals surface area contributed by atoms with Crippen LogP contribution in [0.5, 0.6) is 0 Å². The Kier molecular flexibility index (Phi) is 5.38. The maximum atomic E-state index is 11.8. The van der Waals surface area contributed by atoms with Crippen molar-refractivity contribution in [3.63, 3.8) is 0 Å². The molecule has 5 nitrogen and oxygen atoms in total. The fourth-order valence-electron chi connectivity index (χ4n) is 1.52. The van der Waals surface area contributed by atoms with Crippen molar-refractivity contribution in [2.45, 2.75) is 31.2 Å². The normalized spacial score (nSPS) is 12.4. The van der Waals surface area contributed by atoms with Gasteiger partial charge < -0.3 is 9.15 Å². The first-order chi connectivity index (χ1) is 10.1. The summed E-state index contributed by atoms with van der Waals surface area (Å²) >= 11 is 1.20. The summed E-state index contributed by atoms with van der Waals surface area (Å²) < 4.78 is 10.7. The van der Waals surface area contributed by atoms with Crippen LogP contribution in [0.15, 0.2) is 40.0 Å². The van der Waals surface area contributed by atoms with Gasteiger partial charge in [0, 0.05) is 5.56 Å². The first-order valence-corrected chi connectivity index (χ1v) is 7.66. The number of hydrogen-bond donors (Lipinski definition) is 0. The van der Waals surface area contributed by atoms with Crippen LogP contribution in [-0.2, 0) is 9.53 Å². The number of thioether (sulfide) groups is 1. The minimum absolute atomic E-state index is 0.270. The molecule has 1 unspecified atom stereocenters. The molecule has 0 saturated heterocycles. The smallest absolute Gasteiger partial charge is 0.319 e. The average Bonchev–Trinajstić information content (AvgIpc) is 2.94. The van der Waals surface area contributed by atoms with E-state index in [2.05, 4.69) is 10.2 Å². The van der Waals surface area contributed by atoms with E-state index in [0.717, 1.165) is 5.56 Å². The van der Waals surface area contributed by atoms with E-state index in [0.29, 0.717) is 23.6 Å². The number of aromatic nitrogens is 2. The second-order valence-corrected chi connectivity index (χ2v) is 6.32. The standard InChI is InChI=1S/C15H18N2O3S/c1-10(2)9-19-14(18)11(3)21-15-17-16-13(20-15)12-7-5-4-6-8-12/h4-8,10-11H,9H2,1-3H3. The van der Waals surface area contributed by atoms with Gasteiger partial charge in [-0.15, -0.1) is 10.2 Å². The Balaban J connectivity index is 1.95. The summed E-state index contributed by atoms with van der Waals surface area (Å²) in [5, 5.41) is 7.91. The molecule has 1 aromatic heterocycles. The third-order valence-electron chi connectivity index (χ3n) is 2.60. The van der Waals surface area contributed by atoms with Crippen molar-refractivity contribution in [3.05, 3.63) is 30.3 Å². The third kappa shape index (κ3) is 4.60. The van der Waals surface area contributed by atoms with Gasteiger partial charge in [-0.1, -0.05) is 43.8 Å². The molecule has 0 aliphatic rings. The molecule has 21 heavy (non-hydrogen) atoms. The lowest BCUT2D eigenvalue weighted by atomic mass is 10.2. The Labute approximate surface area is 128 Å². The highest BCUT2D eigenvalue weighted by molar-refractivity contribution is 8.00. The van der Waals surface area contributed by atoms with Crippen molar-refractivity contribution in [2.75, 3.05) is 6.61 Å². The molecule has 0 fully saturated rings. The summed E-state index contributed by atoms with van der Waals surface area (Å²) in [6, 6.07) is 9.50. The average molecular weight is 306 g/mol. The zero-order valence-corrected chi connectivity index (χ0v) is 13.1. The van der Waals surface area contributed by atoms with Crippen LogP contribution in [0.3, 0.4) is 0 Å². The quantitative estimate of drug-likeness (QED) is 0.602. The maximum absolute atomic E-state index is 11.8. The zero-order valence-electron chi connectivity index (χ0n) is 12.3. The SMILES string of the molecule is CC(C)COC(=O)C(C)Sc1nnc(-c2ccccc2)o1. The molecular weight excluding hydrogens is 288 g/mol. The van der Waals surface area contributed by atoms with Gasteiger partial charge in [-0.25, -0.2) is 0 Å². The van der Waals surface area contributed by atoms with Crippen LogP contribution < -0.4 is 0 Å². The molecule has 112 valence electrons. The number of carbonyl (C=O) groups excluding carboxylic acids is 1. The number of rotatable bonds is 6. The van der Waals surface area contributed by atoms with Gasteiger partial charge in [-0.2, -0.15) is 0 Å². The van der Waals surface area contributed by atoms with E-state index in [9.17, 15) is 4.79 Å². The van der Waals surface area contributed by atoms with Gasteiger partial charge >= 0.3 is 5.97 Å². The summed E-state index contributed by atoms with van der Waals surface area (Å²) in [5.74, 6) is 0.494. The fraction of sp³-hybridized carbons (Fsp3) is 0.400. The van der Waals surface area contributed by atoms with Crippen molar-refractivity contribution in [1.82, 2.24) is 10.2 Å². The van der Waals surface area contributed by atoms with Crippen molar-refractivity contribution < 1.29 is 13.9 Å². The molecule has 1 aromatic carbocycles. The Hall–Kier alpha value is -1.82. The van der Waals surface area contributed by atoms with Crippen LogP contribution in [0.1, 0.15) is 20.8 Å². The first-order valence-electron chi connectivity index (χ1n) is 6.78. The predicted molar refractivity (Wildman–Crippen MR) is 80.9 cm³/mol. The number of benzene rings is 1. The molecule has 0 spiro atoms. The zero-order chi connectivity index (χ0) is 15.2. The van der Waals surface area contributed by atoms with Crippen molar-refractivity contribution in [3.8, 4) is 11.5 Å². The lowest BCUT2D eigenvalue weighted by molar-refractivity contribution is -0.143. The fourth-order valence-corrected chi connectivity index (χ4v) is 2.20. The van der Waals surface area contributed by atoms with Gasteiger partial charge in [0.1, 0.15) is 5.25 Å². The summed E-state index contributed by atoms with van der Waals surface area (Å²) in [4.78, 5) is 11.8. The minimum atomic E-state index is -0.382. The highest BCUT2D eigenvalue weighted by atomic mass is 32.2. The van der Waals surface area contributed by atoms with Crippen LogP contribution in [-0.4, -0.2) is 28.0 Å². The molecule has 0 amide bonds. The van der Waals surface area contributed by atoms with Gasteiger partial charge in [0.25, 0.3) is 5.22 Å². The van der Waals surface area contributed by atoms with E-state index in [1.54, 1.807) is 6.92 Å². The van der Waals surface area contributed by atoms with Crippen molar-refractivity contribution >= 4 is 17.7 Å². The summed E-state index contributed by atoms with van der Waals surface area (Å²) in [6.45, 7) is 6.17. The van der Waals surface area contributed by atoms with Gasteiger partial charge in [0.2, 0.25) is 5.89 Å². The summed E-state index contributed by atoms with van der Waals surface area (Å²) in [7, 11) is 0. The number of esters is 1. The largest absolute Gasteiger partial charge is 0.465 e. The highest BCUT2D eigenvalue weighted by Crippen LogP contribution is 2.26. The van der Waals surface area contributed by atoms with Gasteiger partial charge in [0.15, 0.2) is 0 Å². The van der Waals surface area contributed by atoms with Gasteiger partial charge in [-0.05, 0) is 25.0 Å². The highest BCUT2D eigenvalue weighted by Gasteiger charge is 2.20. The number of nitrogens with zero attached hydrogens (tertiary/aromatic N) is 2. The van der Waals surface area contributed by atoms with Crippen molar-refractivity contribution in [2.24, 2.45) is 5.92 Å². The monoisotopic (exact) mass is 306 g/mol. The van der Waals surface area contributed by atoms with Gasteiger partial charge in [-0.3, -0.25) is 4.79 Å². The van der Waals surface area contributed by atoms with Crippen LogP contribution in [0.4, 0.5) is 0 Å². The molecule has 0 N–H and O–H groups in total.